The summed E-state index contributed by atoms with van der Waals surface area (Å²) >= 11 is 0. The predicted octanol–water partition coefficient (Wildman–Crippen LogP) is 2.88. The van der Waals surface area contributed by atoms with Crippen molar-refractivity contribution < 1.29 is 9.72 Å². The molecule has 0 aliphatic rings. The Morgan fingerprint density at radius 2 is 1.92 bits per heavy atom. The zero-order valence-electron chi connectivity index (χ0n) is 13.0. The Morgan fingerprint density at radius 1 is 1.16 bits per heavy atom. The van der Waals surface area contributed by atoms with E-state index in [4.69, 9.17) is 0 Å². The van der Waals surface area contributed by atoms with Crippen LogP contribution in [-0.2, 0) is 6.54 Å². The number of urea groups is 1. The molecular formula is C16H14N6O3. The van der Waals surface area contributed by atoms with Crippen molar-refractivity contribution in [1.82, 2.24) is 14.8 Å². The van der Waals surface area contributed by atoms with Crippen LogP contribution in [0.25, 0.3) is 0 Å². The summed E-state index contributed by atoms with van der Waals surface area (Å²) in [6.45, 7) is 0.552. The van der Waals surface area contributed by atoms with E-state index in [9.17, 15) is 14.9 Å². The van der Waals surface area contributed by atoms with Gasteiger partial charge in [0.25, 0.3) is 5.69 Å². The molecule has 0 saturated heterocycles. The largest absolute Gasteiger partial charge is 0.323 e. The predicted molar refractivity (Wildman–Crippen MR) is 91.3 cm³/mol. The molecule has 0 aliphatic carbocycles. The van der Waals surface area contributed by atoms with Gasteiger partial charge in [-0.2, -0.15) is 5.10 Å². The normalized spacial score (nSPS) is 10.2. The molecule has 2 heterocycles. The fourth-order valence-corrected chi connectivity index (χ4v) is 2.18. The lowest BCUT2D eigenvalue weighted by Crippen LogP contribution is -2.19. The van der Waals surface area contributed by atoms with Crippen molar-refractivity contribution in [2.45, 2.75) is 6.54 Å². The summed E-state index contributed by atoms with van der Waals surface area (Å²) in [4.78, 5) is 26.2. The van der Waals surface area contributed by atoms with Gasteiger partial charge in [-0.25, -0.2) is 4.79 Å². The van der Waals surface area contributed by atoms with Crippen LogP contribution < -0.4 is 10.6 Å². The van der Waals surface area contributed by atoms with Gasteiger partial charge in [-0.05, 0) is 23.8 Å². The maximum absolute atomic E-state index is 12.0. The number of amides is 2. The van der Waals surface area contributed by atoms with Gasteiger partial charge in [0.2, 0.25) is 0 Å². The van der Waals surface area contributed by atoms with Crippen molar-refractivity contribution in [3.63, 3.8) is 0 Å². The van der Waals surface area contributed by atoms with Crippen molar-refractivity contribution >= 4 is 23.1 Å². The van der Waals surface area contributed by atoms with Crippen LogP contribution in [-0.4, -0.2) is 25.7 Å². The molecule has 0 radical (unpaired) electrons. The average Bonchev–Trinajstić information content (AvgIpc) is 3.02. The van der Waals surface area contributed by atoms with Crippen LogP contribution >= 0.6 is 0 Å². The molecule has 2 N–H and O–H groups in total. The third-order valence-corrected chi connectivity index (χ3v) is 3.30. The van der Waals surface area contributed by atoms with Crippen LogP contribution in [0, 0.1) is 10.1 Å². The third kappa shape index (κ3) is 4.38. The number of carbonyl (C=O) groups is 1. The zero-order valence-corrected chi connectivity index (χ0v) is 13.0. The van der Waals surface area contributed by atoms with E-state index in [1.165, 1.54) is 24.4 Å². The molecule has 2 aromatic heterocycles. The van der Waals surface area contributed by atoms with Gasteiger partial charge in [-0.1, -0.05) is 6.07 Å². The molecule has 0 aliphatic heterocycles. The Morgan fingerprint density at radius 3 is 2.68 bits per heavy atom. The lowest BCUT2D eigenvalue weighted by atomic mass is 10.3. The molecule has 0 fully saturated rings. The molecule has 1 aromatic carbocycles. The molecule has 0 atom stereocenters. The second-order valence-electron chi connectivity index (χ2n) is 5.17. The number of benzene rings is 1. The van der Waals surface area contributed by atoms with Gasteiger partial charge in [0, 0.05) is 36.4 Å². The minimum atomic E-state index is -0.522. The fourth-order valence-electron chi connectivity index (χ4n) is 2.18. The number of nitrogens with one attached hydrogen (secondary N) is 2. The van der Waals surface area contributed by atoms with Crippen molar-refractivity contribution in [1.29, 1.82) is 0 Å². The molecule has 0 saturated carbocycles. The lowest BCUT2D eigenvalue weighted by Gasteiger charge is -2.05. The van der Waals surface area contributed by atoms with Gasteiger partial charge in [0.05, 0.1) is 23.4 Å². The minimum absolute atomic E-state index is 0.0945. The summed E-state index contributed by atoms with van der Waals surface area (Å²) in [5.74, 6) is 0. The maximum Gasteiger partial charge on any atom is 0.323 e. The molecule has 25 heavy (non-hydrogen) atoms. The number of nitro benzene ring substituents is 1. The second kappa shape index (κ2) is 7.21. The summed E-state index contributed by atoms with van der Waals surface area (Å²) in [6.07, 6.45) is 6.61. The molecule has 0 bridgehead atoms. The Hall–Kier alpha value is -3.75. The van der Waals surface area contributed by atoms with E-state index in [0.29, 0.717) is 17.9 Å². The van der Waals surface area contributed by atoms with E-state index >= 15 is 0 Å². The highest BCUT2D eigenvalue weighted by Crippen LogP contribution is 2.17. The highest BCUT2D eigenvalue weighted by atomic mass is 16.6. The number of nitrogens with zero attached hydrogens (tertiary/aromatic N) is 4. The van der Waals surface area contributed by atoms with Crippen LogP contribution in [0.15, 0.2) is 61.2 Å². The fraction of sp³-hybridized carbons (Fsp3) is 0.0625. The van der Waals surface area contributed by atoms with Crippen LogP contribution in [0.3, 0.4) is 0 Å². The second-order valence-corrected chi connectivity index (χ2v) is 5.17. The van der Waals surface area contributed by atoms with E-state index < -0.39 is 11.0 Å². The summed E-state index contributed by atoms with van der Waals surface area (Å²) in [7, 11) is 0. The number of carbonyl (C=O) groups excluding carboxylic acids is 1. The first-order valence-electron chi connectivity index (χ1n) is 7.34. The number of nitro groups is 1. The highest BCUT2D eigenvalue weighted by Gasteiger charge is 2.09. The zero-order chi connectivity index (χ0) is 17.6. The van der Waals surface area contributed by atoms with E-state index in [1.807, 2.05) is 12.1 Å². The number of aromatic nitrogens is 3. The van der Waals surface area contributed by atoms with E-state index in [-0.39, 0.29) is 5.69 Å². The lowest BCUT2D eigenvalue weighted by molar-refractivity contribution is -0.384. The number of hydrogen-bond acceptors (Lipinski definition) is 5. The van der Waals surface area contributed by atoms with Crippen molar-refractivity contribution in [3.8, 4) is 0 Å². The van der Waals surface area contributed by atoms with E-state index in [2.05, 4.69) is 20.7 Å². The molecule has 3 rings (SSSR count). The smallest absolute Gasteiger partial charge is 0.307 e. The highest BCUT2D eigenvalue weighted by molar-refractivity contribution is 5.99. The van der Waals surface area contributed by atoms with Crippen LogP contribution in [0.2, 0.25) is 0 Å². The van der Waals surface area contributed by atoms with Crippen LogP contribution in [0.1, 0.15) is 5.56 Å². The third-order valence-electron chi connectivity index (χ3n) is 3.30. The van der Waals surface area contributed by atoms with Gasteiger partial charge >= 0.3 is 6.03 Å². The van der Waals surface area contributed by atoms with Crippen molar-refractivity contribution in [2.24, 2.45) is 0 Å². The number of rotatable bonds is 5. The number of non-ortho nitro benzene ring substituents is 1. The molecule has 3 aromatic rings. The average molecular weight is 338 g/mol. The number of anilines is 2. The molecule has 0 unspecified atom stereocenters. The summed E-state index contributed by atoms with van der Waals surface area (Å²) < 4.78 is 1.68. The van der Waals surface area contributed by atoms with Crippen molar-refractivity contribution in [3.05, 3.63) is 76.9 Å². The molecular weight excluding hydrogens is 324 g/mol. The number of pyridine rings is 1. The van der Waals surface area contributed by atoms with Gasteiger partial charge in [0.1, 0.15) is 0 Å². The van der Waals surface area contributed by atoms with E-state index in [1.54, 1.807) is 29.3 Å². The molecule has 9 heteroatoms. The maximum atomic E-state index is 12.0. The summed E-state index contributed by atoms with van der Waals surface area (Å²) in [5, 5.41) is 20.1. The molecule has 0 spiro atoms. The van der Waals surface area contributed by atoms with Gasteiger partial charge in [-0.15, -0.1) is 0 Å². The number of hydrogen-bond donors (Lipinski definition) is 2. The van der Waals surface area contributed by atoms with Gasteiger partial charge in [-0.3, -0.25) is 19.8 Å². The quantitative estimate of drug-likeness (QED) is 0.548. The Bertz CT molecular complexity index is 894. The monoisotopic (exact) mass is 338 g/mol. The standard InChI is InChI=1S/C16H14N6O3/c23-16(19-13-2-1-3-15(8-13)22(24)25)20-14-9-18-21(11-14)10-12-4-6-17-7-5-12/h1-9,11H,10H2,(H2,19,20,23). The summed E-state index contributed by atoms with van der Waals surface area (Å²) in [5.41, 5.74) is 1.78. The first-order valence-corrected chi connectivity index (χ1v) is 7.34. The van der Waals surface area contributed by atoms with E-state index in [0.717, 1.165) is 5.56 Å². The summed E-state index contributed by atoms with van der Waals surface area (Å²) in [6, 6.07) is 8.95. The first-order chi connectivity index (χ1) is 12.1. The van der Waals surface area contributed by atoms with Gasteiger partial charge in [0.15, 0.2) is 0 Å². The Balaban J connectivity index is 1.60. The van der Waals surface area contributed by atoms with Gasteiger partial charge < -0.3 is 10.6 Å². The van der Waals surface area contributed by atoms with Crippen LogP contribution in [0.5, 0.6) is 0 Å². The Kier molecular flexibility index (Phi) is 4.65. The molecule has 2 amide bonds. The Labute approximate surface area is 142 Å². The molecule has 126 valence electrons. The minimum Gasteiger partial charge on any atom is -0.307 e. The SMILES string of the molecule is O=C(Nc1cccc([N+](=O)[O-])c1)Nc1cnn(Cc2ccncc2)c1. The first kappa shape index (κ1) is 16.1. The molecule has 9 nitrogen and oxygen atoms in total. The topological polar surface area (TPSA) is 115 Å². The van der Waals surface area contributed by atoms with Crippen LogP contribution in [0.4, 0.5) is 21.9 Å². The van der Waals surface area contributed by atoms with Crippen molar-refractivity contribution in [2.75, 3.05) is 10.6 Å².